The zero-order valence-electron chi connectivity index (χ0n) is 16.0. The zero-order valence-corrected chi connectivity index (χ0v) is 16.0. The van der Waals surface area contributed by atoms with Gasteiger partial charge in [0, 0.05) is 30.1 Å². The summed E-state index contributed by atoms with van der Waals surface area (Å²) in [5.74, 6) is -3.82. The molecule has 2 amide bonds. The van der Waals surface area contributed by atoms with E-state index in [4.69, 9.17) is 0 Å². The second-order valence-corrected chi connectivity index (χ2v) is 6.82. The van der Waals surface area contributed by atoms with Gasteiger partial charge in [-0.1, -0.05) is 12.1 Å². The first-order valence-corrected chi connectivity index (χ1v) is 9.26. The summed E-state index contributed by atoms with van der Waals surface area (Å²) >= 11 is 0. The van der Waals surface area contributed by atoms with Gasteiger partial charge in [0.2, 0.25) is 5.78 Å². The van der Waals surface area contributed by atoms with Crippen LogP contribution in [0.3, 0.4) is 0 Å². The molecule has 0 unspecified atom stereocenters. The third kappa shape index (κ3) is 4.23. The van der Waals surface area contributed by atoms with Crippen LogP contribution in [-0.2, 0) is 11.3 Å². The summed E-state index contributed by atoms with van der Waals surface area (Å²) in [4.78, 5) is 41.7. The van der Waals surface area contributed by atoms with E-state index in [1.165, 1.54) is 30.3 Å². The van der Waals surface area contributed by atoms with Crippen molar-refractivity contribution < 1.29 is 23.2 Å². The van der Waals surface area contributed by atoms with Crippen LogP contribution in [0.15, 0.2) is 66.5 Å². The van der Waals surface area contributed by atoms with Gasteiger partial charge in [-0.3, -0.25) is 19.4 Å². The van der Waals surface area contributed by atoms with Crippen molar-refractivity contribution in [3.05, 3.63) is 100 Å². The van der Waals surface area contributed by atoms with E-state index in [2.05, 4.69) is 15.6 Å². The van der Waals surface area contributed by atoms with E-state index in [1.807, 2.05) is 6.07 Å². The fourth-order valence-corrected chi connectivity index (χ4v) is 3.11. The van der Waals surface area contributed by atoms with Gasteiger partial charge in [0.25, 0.3) is 11.8 Å². The number of pyridine rings is 1. The Bertz CT molecular complexity index is 1240. The topological polar surface area (TPSA) is 88.2 Å². The molecule has 0 radical (unpaired) electrons. The highest BCUT2D eigenvalue weighted by Gasteiger charge is 2.29. The number of nitrogens with zero attached hydrogens (tertiary/aromatic N) is 1. The average Bonchev–Trinajstić information content (AvgIpc) is 2.78. The average molecular weight is 419 g/mol. The van der Waals surface area contributed by atoms with E-state index in [0.717, 1.165) is 17.7 Å². The molecule has 2 N–H and O–H groups in total. The number of nitrogens with one attached hydrogen (secondary N) is 2. The highest BCUT2D eigenvalue weighted by molar-refractivity contribution is 6.36. The molecule has 0 saturated heterocycles. The van der Waals surface area contributed by atoms with Crippen LogP contribution in [0.5, 0.6) is 0 Å². The maximum atomic E-state index is 13.5. The summed E-state index contributed by atoms with van der Waals surface area (Å²) in [6.45, 7) is 0.260. The summed E-state index contributed by atoms with van der Waals surface area (Å²) in [5.41, 5.74) is 1.36. The van der Waals surface area contributed by atoms with Crippen molar-refractivity contribution in [2.75, 3.05) is 5.32 Å². The molecule has 0 spiro atoms. The van der Waals surface area contributed by atoms with Crippen LogP contribution in [-0.4, -0.2) is 22.6 Å². The predicted octanol–water partition coefficient (Wildman–Crippen LogP) is 3.51. The van der Waals surface area contributed by atoms with Crippen LogP contribution in [0.1, 0.15) is 31.8 Å². The number of hydrogen-bond acceptors (Lipinski definition) is 4. The van der Waals surface area contributed by atoms with Gasteiger partial charge in [-0.05, 0) is 53.6 Å². The molecule has 4 rings (SSSR count). The molecule has 0 atom stereocenters. The Kier molecular flexibility index (Phi) is 5.36. The lowest BCUT2D eigenvalue weighted by Gasteiger charge is -2.19. The van der Waals surface area contributed by atoms with Crippen molar-refractivity contribution in [1.29, 1.82) is 0 Å². The minimum atomic E-state index is -1.09. The number of fused-ring (bicyclic) bond motifs is 1. The van der Waals surface area contributed by atoms with Crippen molar-refractivity contribution in [3.63, 3.8) is 0 Å². The largest absolute Gasteiger partial charge is 0.348 e. The fourth-order valence-electron chi connectivity index (χ4n) is 3.11. The zero-order chi connectivity index (χ0) is 22.0. The standard InChI is InChI=1S/C23H15F2N3O3/c24-18-5-3-13(9-19(18)25)8-17-21(29)16-10-15(4-6-20(16)28-23(17)31)22(30)27-12-14-2-1-7-26-11-14/h1-11H,12H2,(H,27,30)(H,28,31). The third-order valence-electron chi connectivity index (χ3n) is 4.69. The highest BCUT2D eigenvalue weighted by atomic mass is 19.2. The summed E-state index contributed by atoms with van der Waals surface area (Å²) < 4.78 is 26.6. The number of amides is 2. The Morgan fingerprint density at radius 2 is 1.90 bits per heavy atom. The first-order chi connectivity index (χ1) is 14.9. The molecule has 154 valence electrons. The summed E-state index contributed by atoms with van der Waals surface area (Å²) in [7, 11) is 0. The molecular formula is C23H15F2N3O3. The molecular weight excluding hydrogens is 404 g/mol. The lowest BCUT2D eigenvalue weighted by Crippen LogP contribution is -2.28. The summed E-state index contributed by atoms with van der Waals surface area (Å²) in [6.07, 6.45) is 4.43. The first-order valence-electron chi connectivity index (χ1n) is 9.26. The molecule has 6 nitrogen and oxygen atoms in total. The highest BCUT2D eigenvalue weighted by Crippen LogP contribution is 2.28. The monoisotopic (exact) mass is 419 g/mol. The van der Waals surface area contributed by atoms with Gasteiger partial charge in [-0.2, -0.15) is 0 Å². The molecule has 0 aliphatic carbocycles. The van der Waals surface area contributed by atoms with Crippen molar-refractivity contribution in [2.24, 2.45) is 0 Å². The number of aromatic nitrogens is 1. The van der Waals surface area contributed by atoms with Crippen molar-refractivity contribution >= 4 is 29.4 Å². The molecule has 1 aliphatic heterocycles. The number of Topliss-reactive ketones (excluding diaryl/α,β-unsaturated/α-hetero) is 1. The first kappa shape index (κ1) is 20.1. The Morgan fingerprint density at radius 3 is 2.65 bits per heavy atom. The molecule has 8 heteroatoms. The molecule has 31 heavy (non-hydrogen) atoms. The van der Waals surface area contributed by atoms with Crippen LogP contribution < -0.4 is 10.6 Å². The molecule has 2 aromatic carbocycles. The van der Waals surface area contributed by atoms with Crippen LogP contribution in [0.4, 0.5) is 14.5 Å². The number of carbonyl (C=O) groups is 3. The summed E-state index contributed by atoms with van der Waals surface area (Å²) in [6, 6.07) is 11.0. The van der Waals surface area contributed by atoms with Crippen molar-refractivity contribution in [3.8, 4) is 0 Å². The molecule has 0 bridgehead atoms. The van der Waals surface area contributed by atoms with Crippen LogP contribution in [0, 0.1) is 11.6 Å². The van der Waals surface area contributed by atoms with Crippen LogP contribution in [0.25, 0.3) is 6.08 Å². The SMILES string of the molecule is O=C1Nc2ccc(C(=O)NCc3cccnc3)cc2C(=O)C1=Cc1ccc(F)c(F)c1. The van der Waals surface area contributed by atoms with E-state index in [0.29, 0.717) is 0 Å². The molecule has 1 aliphatic rings. The second kappa shape index (κ2) is 8.27. The molecule has 0 fully saturated rings. The normalized spacial score (nSPS) is 14.2. The quantitative estimate of drug-likeness (QED) is 0.501. The maximum absolute atomic E-state index is 13.5. The Morgan fingerprint density at radius 1 is 1.06 bits per heavy atom. The molecule has 1 aromatic heterocycles. The maximum Gasteiger partial charge on any atom is 0.259 e. The molecule has 2 heterocycles. The fraction of sp³-hybridized carbons (Fsp3) is 0.0435. The van der Waals surface area contributed by atoms with E-state index in [9.17, 15) is 23.2 Å². The minimum Gasteiger partial charge on any atom is -0.348 e. The second-order valence-electron chi connectivity index (χ2n) is 6.82. The lowest BCUT2D eigenvalue weighted by molar-refractivity contribution is -0.112. The van der Waals surface area contributed by atoms with Gasteiger partial charge in [-0.25, -0.2) is 8.78 Å². The van der Waals surface area contributed by atoms with Crippen LogP contribution >= 0.6 is 0 Å². The smallest absolute Gasteiger partial charge is 0.259 e. The molecule has 0 saturated carbocycles. The Balaban J connectivity index is 1.59. The van der Waals surface area contributed by atoms with Gasteiger partial charge in [0.15, 0.2) is 11.6 Å². The van der Waals surface area contributed by atoms with E-state index >= 15 is 0 Å². The minimum absolute atomic E-state index is 0.127. The van der Waals surface area contributed by atoms with Gasteiger partial charge in [0.1, 0.15) is 0 Å². The number of benzene rings is 2. The predicted molar refractivity (Wildman–Crippen MR) is 109 cm³/mol. The Hall–Kier alpha value is -4.20. The van der Waals surface area contributed by atoms with Crippen LogP contribution in [0.2, 0.25) is 0 Å². The summed E-state index contributed by atoms with van der Waals surface area (Å²) in [5, 5.41) is 5.31. The number of carbonyl (C=O) groups excluding carboxylic acids is 3. The molecule has 3 aromatic rings. The number of ketones is 1. The lowest BCUT2D eigenvalue weighted by atomic mass is 9.93. The number of halogens is 2. The van der Waals surface area contributed by atoms with Gasteiger partial charge >= 0.3 is 0 Å². The van der Waals surface area contributed by atoms with Crippen molar-refractivity contribution in [2.45, 2.75) is 6.54 Å². The number of anilines is 1. The van der Waals surface area contributed by atoms with Gasteiger partial charge < -0.3 is 10.6 Å². The number of rotatable bonds is 4. The van der Waals surface area contributed by atoms with E-state index < -0.39 is 29.2 Å². The van der Waals surface area contributed by atoms with Gasteiger partial charge in [0.05, 0.1) is 11.3 Å². The van der Waals surface area contributed by atoms with Gasteiger partial charge in [-0.15, -0.1) is 0 Å². The third-order valence-corrected chi connectivity index (χ3v) is 4.69. The van der Waals surface area contributed by atoms with Crippen molar-refractivity contribution in [1.82, 2.24) is 10.3 Å². The van der Waals surface area contributed by atoms with E-state index in [1.54, 1.807) is 18.5 Å². The Labute approximate surface area is 175 Å². The number of hydrogen-bond donors (Lipinski definition) is 2. The van der Waals surface area contributed by atoms with E-state index in [-0.39, 0.29) is 34.5 Å².